The predicted molar refractivity (Wildman–Crippen MR) is 147 cm³/mol. The van der Waals surface area contributed by atoms with Crippen LogP contribution >= 0.6 is 0 Å². The van der Waals surface area contributed by atoms with Crippen LogP contribution in [0.3, 0.4) is 0 Å². The Kier molecular flexibility index (Phi) is 11.1. The summed E-state index contributed by atoms with van der Waals surface area (Å²) in [5.41, 5.74) is 5.37. The highest BCUT2D eigenvalue weighted by molar-refractivity contribution is 5.94. The molecule has 1 unspecified atom stereocenters. The summed E-state index contributed by atoms with van der Waals surface area (Å²) in [6.07, 6.45) is -5.08. The summed E-state index contributed by atoms with van der Waals surface area (Å²) in [5.74, 6) is -2.15. The summed E-state index contributed by atoms with van der Waals surface area (Å²) >= 11 is 0. The van der Waals surface area contributed by atoms with E-state index in [1.807, 2.05) is 25.1 Å². The van der Waals surface area contributed by atoms with Crippen LogP contribution in [0.1, 0.15) is 35.3 Å². The van der Waals surface area contributed by atoms with Gasteiger partial charge in [-0.2, -0.15) is 13.2 Å². The van der Waals surface area contributed by atoms with Crippen LogP contribution < -0.4 is 15.4 Å². The summed E-state index contributed by atoms with van der Waals surface area (Å²) in [6, 6.07) is 25.0. The smallest absolute Gasteiger partial charge is 0.490 e. The standard InChI is InChI=1S/C28H33N3O2.C2HF3O2/c1-3-33-27-12-6-11-26(17-27)28(32)30-18-22-7-4-9-24(15-22)25-10-5-8-23(16-25)20-31-14-13-29-21(2)19-31;3-2(4,5)1(6)7/h4-12,15-17,21,29H,3,13-14,18-20H2,1-2H3,(H,30,32);(H,6,7). The van der Waals surface area contributed by atoms with Gasteiger partial charge in [-0.3, -0.25) is 9.69 Å². The van der Waals surface area contributed by atoms with Gasteiger partial charge in [-0.1, -0.05) is 42.5 Å². The number of nitrogens with zero attached hydrogens (tertiary/aromatic N) is 1. The molecule has 0 aromatic heterocycles. The molecule has 3 aromatic carbocycles. The number of alkyl halides is 3. The lowest BCUT2D eigenvalue weighted by Gasteiger charge is -2.31. The van der Waals surface area contributed by atoms with E-state index < -0.39 is 12.1 Å². The fraction of sp³-hybridized carbons (Fsp3) is 0.333. The molecule has 10 heteroatoms. The van der Waals surface area contributed by atoms with E-state index in [4.69, 9.17) is 14.6 Å². The molecule has 1 atom stereocenters. The normalized spacial score (nSPS) is 15.5. The fourth-order valence-corrected chi connectivity index (χ4v) is 4.30. The molecule has 1 saturated heterocycles. The quantitative estimate of drug-likeness (QED) is 0.357. The van der Waals surface area contributed by atoms with E-state index in [2.05, 4.69) is 64.9 Å². The molecule has 7 nitrogen and oxygen atoms in total. The van der Waals surface area contributed by atoms with Gasteiger partial charge in [0.2, 0.25) is 0 Å². The van der Waals surface area contributed by atoms with E-state index >= 15 is 0 Å². The van der Waals surface area contributed by atoms with Crippen LogP contribution in [0.25, 0.3) is 11.1 Å². The molecule has 1 heterocycles. The van der Waals surface area contributed by atoms with Gasteiger partial charge in [0.25, 0.3) is 5.91 Å². The first-order valence-corrected chi connectivity index (χ1v) is 13.0. The third kappa shape index (κ3) is 9.69. The van der Waals surface area contributed by atoms with Crippen LogP contribution in [0.4, 0.5) is 13.2 Å². The van der Waals surface area contributed by atoms with Crippen LogP contribution in [0.5, 0.6) is 5.75 Å². The fourth-order valence-electron chi connectivity index (χ4n) is 4.30. The molecule has 3 aromatic rings. The Balaban J connectivity index is 0.000000559. The van der Waals surface area contributed by atoms with Crippen molar-refractivity contribution in [2.75, 3.05) is 26.2 Å². The summed E-state index contributed by atoms with van der Waals surface area (Å²) in [7, 11) is 0. The second-order valence-electron chi connectivity index (χ2n) is 9.44. The molecule has 40 heavy (non-hydrogen) atoms. The monoisotopic (exact) mass is 557 g/mol. The van der Waals surface area contributed by atoms with Crippen molar-refractivity contribution >= 4 is 11.9 Å². The molecule has 0 radical (unpaired) electrons. The second-order valence-corrected chi connectivity index (χ2v) is 9.44. The largest absolute Gasteiger partial charge is 0.494 e. The maximum atomic E-state index is 12.6. The number of rotatable bonds is 8. The van der Waals surface area contributed by atoms with Crippen LogP contribution in [0.15, 0.2) is 72.8 Å². The number of aliphatic carboxylic acids is 1. The highest BCUT2D eigenvalue weighted by atomic mass is 19.4. The van der Waals surface area contributed by atoms with Crippen molar-refractivity contribution in [2.24, 2.45) is 0 Å². The SMILES string of the molecule is CCOc1cccc(C(=O)NCc2cccc(-c3cccc(CN4CCNC(C)C4)c3)c2)c1.O=C(O)C(F)(F)F. The summed E-state index contributed by atoms with van der Waals surface area (Å²) < 4.78 is 37.2. The minimum absolute atomic E-state index is 0.103. The van der Waals surface area contributed by atoms with E-state index in [0.29, 0.717) is 30.5 Å². The topological polar surface area (TPSA) is 90.9 Å². The summed E-state index contributed by atoms with van der Waals surface area (Å²) in [5, 5.41) is 13.7. The Hall–Kier alpha value is -3.89. The van der Waals surface area contributed by atoms with Crippen molar-refractivity contribution in [3.63, 3.8) is 0 Å². The molecular weight excluding hydrogens is 523 g/mol. The zero-order chi connectivity index (χ0) is 29.1. The first-order chi connectivity index (χ1) is 19.0. The molecule has 0 aliphatic carbocycles. The molecule has 0 spiro atoms. The number of ether oxygens (including phenoxy) is 1. The molecule has 4 rings (SSSR count). The van der Waals surface area contributed by atoms with Gasteiger partial charge in [-0.15, -0.1) is 0 Å². The third-order valence-electron chi connectivity index (χ3n) is 6.15. The lowest BCUT2D eigenvalue weighted by Crippen LogP contribution is -2.48. The number of amides is 1. The van der Waals surface area contributed by atoms with Crippen LogP contribution in [-0.4, -0.2) is 60.3 Å². The van der Waals surface area contributed by atoms with E-state index in [9.17, 15) is 18.0 Å². The van der Waals surface area contributed by atoms with Gasteiger partial charge < -0.3 is 20.5 Å². The van der Waals surface area contributed by atoms with Gasteiger partial charge in [0, 0.05) is 44.3 Å². The van der Waals surface area contributed by atoms with Crippen LogP contribution in [0, 0.1) is 0 Å². The number of carbonyl (C=O) groups excluding carboxylic acids is 1. The van der Waals surface area contributed by atoms with Gasteiger partial charge in [0.05, 0.1) is 6.61 Å². The van der Waals surface area contributed by atoms with E-state index in [1.165, 1.54) is 11.1 Å². The van der Waals surface area contributed by atoms with E-state index in [0.717, 1.165) is 37.3 Å². The minimum Gasteiger partial charge on any atom is -0.494 e. The zero-order valence-electron chi connectivity index (χ0n) is 22.5. The Labute approximate surface area is 232 Å². The van der Waals surface area contributed by atoms with Gasteiger partial charge in [-0.25, -0.2) is 4.79 Å². The Bertz CT molecular complexity index is 1280. The van der Waals surface area contributed by atoms with Gasteiger partial charge >= 0.3 is 12.1 Å². The molecule has 1 fully saturated rings. The molecule has 1 aliphatic heterocycles. The molecule has 214 valence electrons. The number of hydrogen-bond donors (Lipinski definition) is 3. The van der Waals surface area contributed by atoms with Crippen molar-refractivity contribution < 1.29 is 32.6 Å². The lowest BCUT2D eigenvalue weighted by molar-refractivity contribution is -0.192. The highest BCUT2D eigenvalue weighted by Gasteiger charge is 2.38. The number of piperazine rings is 1. The Morgan fingerprint density at radius 2 is 1.65 bits per heavy atom. The molecule has 0 bridgehead atoms. The molecule has 1 amide bonds. The minimum atomic E-state index is -5.08. The van der Waals surface area contributed by atoms with Crippen molar-refractivity contribution in [3.8, 4) is 16.9 Å². The maximum absolute atomic E-state index is 12.6. The number of nitrogens with one attached hydrogen (secondary N) is 2. The van der Waals surface area contributed by atoms with Crippen LogP contribution in [-0.2, 0) is 17.9 Å². The van der Waals surface area contributed by atoms with Gasteiger partial charge in [0.15, 0.2) is 0 Å². The maximum Gasteiger partial charge on any atom is 0.490 e. The second kappa shape index (κ2) is 14.5. The molecule has 3 N–H and O–H groups in total. The molecule has 0 saturated carbocycles. The van der Waals surface area contributed by atoms with Crippen molar-refractivity contribution in [2.45, 2.75) is 39.2 Å². The number of benzene rings is 3. The average Bonchev–Trinajstić information content (AvgIpc) is 2.92. The van der Waals surface area contributed by atoms with Gasteiger partial charge in [-0.05, 0) is 66.4 Å². The first kappa shape index (κ1) is 30.6. The number of carboxylic acid groups (broad SMARTS) is 1. The lowest BCUT2D eigenvalue weighted by atomic mass is 10.0. The van der Waals surface area contributed by atoms with E-state index in [-0.39, 0.29) is 5.91 Å². The van der Waals surface area contributed by atoms with E-state index in [1.54, 1.807) is 12.1 Å². The third-order valence-corrected chi connectivity index (χ3v) is 6.15. The van der Waals surface area contributed by atoms with Crippen molar-refractivity contribution in [1.82, 2.24) is 15.5 Å². The zero-order valence-corrected chi connectivity index (χ0v) is 22.5. The van der Waals surface area contributed by atoms with Crippen LogP contribution in [0.2, 0.25) is 0 Å². The number of carboxylic acids is 1. The first-order valence-electron chi connectivity index (χ1n) is 13.0. The average molecular weight is 558 g/mol. The van der Waals surface area contributed by atoms with Crippen molar-refractivity contribution in [1.29, 1.82) is 0 Å². The highest BCUT2D eigenvalue weighted by Crippen LogP contribution is 2.23. The van der Waals surface area contributed by atoms with Gasteiger partial charge in [0.1, 0.15) is 5.75 Å². The number of hydrogen-bond acceptors (Lipinski definition) is 5. The van der Waals surface area contributed by atoms with Crippen molar-refractivity contribution in [3.05, 3.63) is 89.5 Å². The number of halogens is 3. The Morgan fingerprint density at radius 3 is 2.27 bits per heavy atom. The molecular formula is C30H34F3N3O4. The predicted octanol–water partition coefficient (Wildman–Crippen LogP) is 5.11. The summed E-state index contributed by atoms with van der Waals surface area (Å²) in [4.78, 5) is 24.0. The molecule has 1 aliphatic rings. The summed E-state index contributed by atoms with van der Waals surface area (Å²) in [6.45, 7) is 9.39. The number of carbonyl (C=O) groups is 2. The Morgan fingerprint density at radius 1 is 1.02 bits per heavy atom.